The molecule has 0 saturated carbocycles. The highest BCUT2D eigenvalue weighted by Crippen LogP contribution is 2.57. The van der Waals surface area contributed by atoms with Gasteiger partial charge in [0.15, 0.2) is 5.78 Å². The summed E-state index contributed by atoms with van der Waals surface area (Å²) in [5.74, 6) is 0.370. The van der Waals surface area contributed by atoms with Crippen molar-refractivity contribution in [3.63, 3.8) is 0 Å². The van der Waals surface area contributed by atoms with Crippen LogP contribution in [0.2, 0.25) is 0 Å². The van der Waals surface area contributed by atoms with Gasteiger partial charge in [-0.15, -0.1) is 0 Å². The van der Waals surface area contributed by atoms with Crippen LogP contribution in [0.25, 0.3) is 16.5 Å². The zero-order valence-corrected chi connectivity index (χ0v) is 14.0. The summed E-state index contributed by atoms with van der Waals surface area (Å²) in [4.78, 5) is 12.5. The topological polar surface area (TPSA) is 45.8 Å². The van der Waals surface area contributed by atoms with Gasteiger partial charge in [-0.05, 0) is 54.0 Å². The maximum absolute atomic E-state index is 12.5. The fourth-order valence-corrected chi connectivity index (χ4v) is 4.78. The molecule has 4 rings (SSSR count). The highest BCUT2D eigenvalue weighted by atomic mass is 16.1. The van der Waals surface area contributed by atoms with Crippen LogP contribution in [0.3, 0.4) is 0 Å². The Morgan fingerprint density at radius 3 is 2.96 bits per heavy atom. The first-order valence-corrected chi connectivity index (χ1v) is 8.92. The van der Waals surface area contributed by atoms with Gasteiger partial charge in [0.2, 0.25) is 0 Å². The second-order valence-corrected chi connectivity index (χ2v) is 7.11. The SMILES string of the molecule is CCCC[C@@]12CCC(=O)C(CC)=C1c1ccc3[nH]ncc3c1C2. The van der Waals surface area contributed by atoms with Crippen molar-refractivity contribution in [3.05, 3.63) is 35.0 Å². The van der Waals surface area contributed by atoms with Gasteiger partial charge < -0.3 is 0 Å². The number of H-pyrrole nitrogens is 1. The van der Waals surface area contributed by atoms with Gasteiger partial charge in [-0.2, -0.15) is 5.10 Å². The average molecular weight is 308 g/mol. The summed E-state index contributed by atoms with van der Waals surface area (Å²) in [5, 5.41) is 8.55. The Kier molecular flexibility index (Phi) is 3.40. The van der Waals surface area contributed by atoms with Crippen molar-refractivity contribution in [1.82, 2.24) is 10.2 Å². The van der Waals surface area contributed by atoms with Crippen LogP contribution < -0.4 is 0 Å². The Morgan fingerprint density at radius 2 is 2.17 bits per heavy atom. The van der Waals surface area contributed by atoms with Gasteiger partial charge in [-0.3, -0.25) is 9.89 Å². The molecule has 0 radical (unpaired) electrons. The molecule has 23 heavy (non-hydrogen) atoms. The average Bonchev–Trinajstić information content (AvgIpc) is 3.15. The fourth-order valence-electron chi connectivity index (χ4n) is 4.78. The molecule has 0 saturated heterocycles. The lowest BCUT2D eigenvalue weighted by Gasteiger charge is -2.36. The third kappa shape index (κ3) is 2.02. The van der Waals surface area contributed by atoms with E-state index in [0.29, 0.717) is 5.78 Å². The van der Waals surface area contributed by atoms with Crippen LogP contribution in [0.4, 0.5) is 0 Å². The van der Waals surface area contributed by atoms with Crippen LogP contribution in [-0.2, 0) is 11.2 Å². The lowest BCUT2D eigenvalue weighted by atomic mass is 9.67. The zero-order valence-electron chi connectivity index (χ0n) is 14.0. The number of hydrogen-bond donors (Lipinski definition) is 1. The standard InChI is InChI=1S/C20H24N2O/c1-3-5-9-20-10-8-18(23)13(4-2)19(20)14-6-7-17-16(12-21-22-17)15(14)11-20/h6-7,12H,3-5,8-11H2,1-2H3,(H,21,22)/t20-/m0/s1. The quantitative estimate of drug-likeness (QED) is 0.880. The largest absolute Gasteiger partial charge is 0.295 e. The van der Waals surface area contributed by atoms with E-state index in [4.69, 9.17) is 0 Å². The summed E-state index contributed by atoms with van der Waals surface area (Å²) in [5.41, 5.74) is 6.49. The predicted octanol–water partition coefficient (Wildman–Crippen LogP) is 4.82. The number of nitrogens with one attached hydrogen (secondary N) is 1. The molecule has 1 aromatic heterocycles. The highest BCUT2D eigenvalue weighted by molar-refractivity contribution is 6.07. The minimum Gasteiger partial charge on any atom is -0.295 e. The molecule has 3 nitrogen and oxygen atoms in total. The Hall–Kier alpha value is -1.90. The third-order valence-corrected chi connectivity index (χ3v) is 5.88. The van der Waals surface area contributed by atoms with E-state index in [-0.39, 0.29) is 5.41 Å². The number of aromatic nitrogens is 2. The Labute approximate surface area is 137 Å². The molecule has 0 aliphatic heterocycles. The lowest BCUT2D eigenvalue weighted by molar-refractivity contribution is -0.116. The number of carbonyl (C=O) groups is 1. The van der Waals surface area contributed by atoms with Gasteiger partial charge in [0.1, 0.15) is 0 Å². The number of benzene rings is 1. The third-order valence-electron chi connectivity index (χ3n) is 5.88. The van der Waals surface area contributed by atoms with Gasteiger partial charge >= 0.3 is 0 Å². The predicted molar refractivity (Wildman–Crippen MR) is 93.2 cm³/mol. The molecule has 2 aliphatic carbocycles. The molecule has 0 unspecified atom stereocenters. The van der Waals surface area contributed by atoms with Gasteiger partial charge in [0, 0.05) is 17.2 Å². The van der Waals surface area contributed by atoms with Crippen molar-refractivity contribution in [2.45, 2.75) is 58.8 Å². The Morgan fingerprint density at radius 1 is 1.30 bits per heavy atom. The van der Waals surface area contributed by atoms with Crippen molar-refractivity contribution in [3.8, 4) is 0 Å². The van der Waals surface area contributed by atoms with E-state index >= 15 is 0 Å². The van der Waals surface area contributed by atoms with E-state index in [1.165, 1.54) is 41.3 Å². The normalized spacial score (nSPS) is 23.5. The van der Waals surface area contributed by atoms with Gasteiger partial charge in [0.05, 0.1) is 11.7 Å². The first-order chi connectivity index (χ1) is 11.2. The number of rotatable bonds is 4. The second kappa shape index (κ2) is 5.33. The molecule has 120 valence electrons. The van der Waals surface area contributed by atoms with Crippen LogP contribution in [0, 0.1) is 5.41 Å². The summed E-state index contributed by atoms with van der Waals surface area (Å²) < 4.78 is 0. The fraction of sp³-hybridized carbons (Fsp3) is 0.500. The molecule has 1 aromatic carbocycles. The lowest BCUT2D eigenvalue weighted by Crippen LogP contribution is -2.28. The van der Waals surface area contributed by atoms with Gasteiger partial charge in [0.25, 0.3) is 0 Å². The smallest absolute Gasteiger partial charge is 0.159 e. The molecule has 1 heterocycles. The van der Waals surface area contributed by atoms with E-state index in [1.807, 2.05) is 6.20 Å². The van der Waals surface area contributed by atoms with Crippen LogP contribution in [0.5, 0.6) is 0 Å². The monoisotopic (exact) mass is 308 g/mol. The van der Waals surface area contributed by atoms with Crippen molar-refractivity contribution in [1.29, 1.82) is 0 Å². The summed E-state index contributed by atoms with van der Waals surface area (Å²) in [6.07, 6.45) is 9.25. The van der Waals surface area contributed by atoms with Gasteiger partial charge in [-0.1, -0.05) is 32.8 Å². The molecule has 1 N–H and O–H groups in total. The number of aromatic amines is 1. The first-order valence-electron chi connectivity index (χ1n) is 8.92. The van der Waals surface area contributed by atoms with Gasteiger partial charge in [-0.25, -0.2) is 0 Å². The second-order valence-electron chi connectivity index (χ2n) is 7.11. The van der Waals surface area contributed by atoms with E-state index in [2.05, 4.69) is 36.2 Å². The first kappa shape index (κ1) is 14.7. The molecule has 1 atom stereocenters. The molecule has 0 fully saturated rings. The van der Waals surface area contributed by atoms with Crippen LogP contribution in [0.1, 0.15) is 63.5 Å². The minimum absolute atomic E-state index is 0.184. The number of ketones is 1. The molecular formula is C20H24N2O. The minimum atomic E-state index is 0.184. The van der Waals surface area contributed by atoms with E-state index in [1.54, 1.807) is 0 Å². The molecule has 0 spiro atoms. The number of allylic oxidation sites excluding steroid dienone is 2. The summed E-state index contributed by atoms with van der Waals surface area (Å²) in [7, 11) is 0. The van der Waals surface area contributed by atoms with Crippen LogP contribution >= 0.6 is 0 Å². The highest BCUT2D eigenvalue weighted by Gasteiger charge is 2.46. The number of fused-ring (bicyclic) bond motifs is 5. The van der Waals surface area contributed by atoms with E-state index < -0.39 is 0 Å². The van der Waals surface area contributed by atoms with E-state index in [9.17, 15) is 4.79 Å². The molecule has 0 amide bonds. The molecule has 2 aliphatic rings. The summed E-state index contributed by atoms with van der Waals surface area (Å²) in [6, 6.07) is 4.34. The number of carbonyl (C=O) groups excluding carboxylic acids is 1. The number of unbranched alkanes of at least 4 members (excludes halogenated alkanes) is 1. The Bertz CT molecular complexity index is 814. The van der Waals surface area contributed by atoms with Crippen molar-refractivity contribution < 1.29 is 4.79 Å². The maximum Gasteiger partial charge on any atom is 0.159 e. The van der Waals surface area contributed by atoms with Crippen molar-refractivity contribution in [2.75, 3.05) is 0 Å². The van der Waals surface area contributed by atoms with Crippen LogP contribution in [-0.4, -0.2) is 16.0 Å². The summed E-state index contributed by atoms with van der Waals surface area (Å²) >= 11 is 0. The number of Topliss-reactive ketones (excluding diaryl/α,β-unsaturated/α-hetero) is 1. The number of hydrogen-bond acceptors (Lipinski definition) is 2. The maximum atomic E-state index is 12.5. The molecular weight excluding hydrogens is 284 g/mol. The van der Waals surface area contributed by atoms with Crippen LogP contribution in [0.15, 0.2) is 23.9 Å². The molecule has 3 heteroatoms. The zero-order chi connectivity index (χ0) is 16.0. The summed E-state index contributed by atoms with van der Waals surface area (Å²) in [6.45, 7) is 4.38. The Balaban J connectivity index is 1.97. The molecule has 2 aromatic rings. The van der Waals surface area contributed by atoms with Crippen molar-refractivity contribution >= 4 is 22.3 Å². The van der Waals surface area contributed by atoms with E-state index in [0.717, 1.165) is 36.8 Å². The molecule has 0 bridgehead atoms. The number of nitrogens with zero attached hydrogens (tertiary/aromatic N) is 1. The van der Waals surface area contributed by atoms with Crippen molar-refractivity contribution in [2.24, 2.45) is 5.41 Å².